The number of nitrogens with one attached hydrogen (secondary N) is 1. The van der Waals surface area contributed by atoms with Crippen molar-refractivity contribution in [1.82, 2.24) is 15.1 Å². The number of carbonyl (C=O) groups excluding carboxylic acids is 1. The lowest BCUT2D eigenvalue weighted by Gasteiger charge is -2.08. The number of nitro groups is 1. The van der Waals surface area contributed by atoms with E-state index in [2.05, 4.69) is 5.32 Å². The Morgan fingerprint density at radius 2 is 1.75 bits per heavy atom. The maximum atomic E-state index is 12.8. The topological polar surface area (TPSA) is 99.3 Å². The van der Waals surface area contributed by atoms with Crippen LogP contribution in [0.3, 0.4) is 0 Å². The van der Waals surface area contributed by atoms with Crippen LogP contribution in [0.4, 0.5) is 5.69 Å². The van der Waals surface area contributed by atoms with E-state index in [4.69, 9.17) is 9.84 Å². The zero-order valence-electron chi connectivity index (χ0n) is 17.3. The number of hydrogen-bond donors (Lipinski definition) is 1. The number of hydrogen-bond acceptors (Lipinski definition) is 5. The van der Waals surface area contributed by atoms with Crippen LogP contribution in [-0.2, 0) is 6.54 Å². The van der Waals surface area contributed by atoms with Crippen LogP contribution in [0.15, 0.2) is 85.1 Å². The van der Waals surface area contributed by atoms with E-state index < -0.39 is 10.8 Å². The minimum atomic E-state index is -0.586. The molecule has 3 aromatic carbocycles. The molecule has 1 amide bonds. The van der Waals surface area contributed by atoms with Gasteiger partial charge in [0.2, 0.25) is 0 Å². The Hall–Kier alpha value is -4.46. The molecule has 0 fully saturated rings. The first-order valence-corrected chi connectivity index (χ1v) is 9.87. The summed E-state index contributed by atoms with van der Waals surface area (Å²) in [7, 11) is 1.44. The summed E-state index contributed by atoms with van der Waals surface area (Å²) in [6.07, 6.45) is 1.85. The molecule has 0 aliphatic rings. The van der Waals surface area contributed by atoms with E-state index in [1.807, 2.05) is 66.9 Å². The maximum Gasteiger partial charge on any atom is 0.282 e. The molecule has 0 bridgehead atoms. The van der Waals surface area contributed by atoms with Gasteiger partial charge in [-0.3, -0.25) is 14.9 Å². The van der Waals surface area contributed by atoms with Crippen molar-refractivity contribution in [2.24, 2.45) is 0 Å². The first kappa shape index (κ1) is 20.8. The average molecular weight is 428 g/mol. The predicted molar refractivity (Wildman–Crippen MR) is 120 cm³/mol. The van der Waals surface area contributed by atoms with Gasteiger partial charge in [0.15, 0.2) is 0 Å². The fraction of sp³-hybridized carbons (Fsp3) is 0.0833. The third-order valence-electron chi connectivity index (χ3n) is 4.94. The van der Waals surface area contributed by atoms with Crippen molar-refractivity contribution in [1.29, 1.82) is 0 Å². The number of aromatic nitrogens is 2. The minimum absolute atomic E-state index is 0.0638. The van der Waals surface area contributed by atoms with Gasteiger partial charge in [-0.25, -0.2) is 4.68 Å². The van der Waals surface area contributed by atoms with E-state index in [-0.39, 0.29) is 17.8 Å². The smallest absolute Gasteiger partial charge is 0.282 e. The monoisotopic (exact) mass is 428 g/mol. The van der Waals surface area contributed by atoms with Crippen LogP contribution in [0, 0.1) is 10.1 Å². The van der Waals surface area contributed by atoms with Crippen molar-refractivity contribution in [3.05, 3.63) is 106 Å². The molecule has 8 heteroatoms. The third kappa shape index (κ3) is 4.34. The molecule has 0 saturated heterocycles. The number of amides is 1. The molecule has 1 aromatic heterocycles. The Kier molecular flexibility index (Phi) is 5.94. The molecule has 0 atom stereocenters. The summed E-state index contributed by atoms with van der Waals surface area (Å²) in [5, 5.41) is 18.9. The Balaban J connectivity index is 1.65. The number of carbonyl (C=O) groups is 1. The summed E-state index contributed by atoms with van der Waals surface area (Å²) >= 11 is 0. The number of para-hydroxylation sites is 1. The highest BCUT2D eigenvalue weighted by atomic mass is 16.6. The molecule has 32 heavy (non-hydrogen) atoms. The molecular formula is C24H20N4O4. The fourth-order valence-electron chi connectivity index (χ4n) is 3.35. The molecule has 0 saturated carbocycles. The van der Waals surface area contributed by atoms with Crippen molar-refractivity contribution in [3.8, 4) is 22.7 Å². The lowest BCUT2D eigenvalue weighted by Crippen LogP contribution is -2.24. The normalized spacial score (nSPS) is 10.5. The number of nitrogens with zero attached hydrogens (tertiary/aromatic N) is 3. The highest BCUT2D eigenvalue weighted by Gasteiger charge is 2.22. The van der Waals surface area contributed by atoms with Crippen LogP contribution in [-0.4, -0.2) is 27.7 Å². The molecule has 4 aromatic rings. The van der Waals surface area contributed by atoms with E-state index in [1.165, 1.54) is 25.3 Å². The van der Waals surface area contributed by atoms with Gasteiger partial charge >= 0.3 is 0 Å². The average Bonchev–Trinajstić information content (AvgIpc) is 3.27. The fourth-order valence-corrected chi connectivity index (χ4v) is 3.35. The van der Waals surface area contributed by atoms with Gasteiger partial charge in [-0.05, 0) is 24.3 Å². The molecule has 4 rings (SSSR count). The summed E-state index contributed by atoms with van der Waals surface area (Å²) in [6.45, 7) is 0.143. The van der Waals surface area contributed by atoms with Gasteiger partial charge in [-0.1, -0.05) is 48.5 Å². The van der Waals surface area contributed by atoms with Gasteiger partial charge in [0.1, 0.15) is 11.3 Å². The second-order valence-electron chi connectivity index (χ2n) is 6.97. The first-order valence-electron chi connectivity index (χ1n) is 9.87. The standard InChI is InChI=1S/C24H20N4O4/c1-32-20-12-13-22(28(30)31)21(14-20)24(29)25-15-18-16-27(19-10-6-3-7-11-19)26-23(18)17-8-4-2-5-9-17/h2-14,16H,15H2,1H3,(H,25,29). The van der Waals surface area contributed by atoms with Crippen molar-refractivity contribution < 1.29 is 14.5 Å². The number of ether oxygens (including phenoxy) is 1. The van der Waals surface area contributed by atoms with E-state index in [9.17, 15) is 14.9 Å². The second kappa shape index (κ2) is 9.13. The summed E-state index contributed by atoms with van der Waals surface area (Å²) in [6, 6.07) is 23.3. The molecule has 1 N–H and O–H groups in total. The molecule has 0 aliphatic heterocycles. The Morgan fingerprint density at radius 3 is 2.41 bits per heavy atom. The largest absolute Gasteiger partial charge is 0.497 e. The zero-order valence-corrected chi connectivity index (χ0v) is 17.3. The number of benzene rings is 3. The SMILES string of the molecule is COc1ccc([N+](=O)[O-])c(C(=O)NCc2cn(-c3ccccc3)nc2-c2ccccc2)c1. The lowest BCUT2D eigenvalue weighted by atomic mass is 10.1. The van der Waals surface area contributed by atoms with Crippen LogP contribution in [0.25, 0.3) is 16.9 Å². The molecule has 0 radical (unpaired) electrons. The van der Waals surface area contributed by atoms with Gasteiger partial charge in [-0.2, -0.15) is 5.10 Å². The van der Waals surface area contributed by atoms with Gasteiger partial charge in [0.25, 0.3) is 11.6 Å². The lowest BCUT2D eigenvalue weighted by molar-refractivity contribution is -0.385. The summed E-state index contributed by atoms with van der Waals surface area (Å²) in [4.78, 5) is 23.6. The van der Waals surface area contributed by atoms with Crippen molar-refractivity contribution >= 4 is 11.6 Å². The van der Waals surface area contributed by atoms with E-state index >= 15 is 0 Å². The van der Waals surface area contributed by atoms with Crippen LogP contribution in [0.1, 0.15) is 15.9 Å². The van der Waals surface area contributed by atoms with Crippen molar-refractivity contribution in [2.45, 2.75) is 6.54 Å². The van der Waals surface area contributed by atoms with Crippen LogP contribution in [0.2, 0.25) is 0 Å². The summed E-state index contributed by atoms with van der Waals surface area (Å²) in [5.74, 6) is -0.204. The van der Waals surface area contributed by atoms with E-state index in [1.54, 1.807) is 4.68 Å². The minimum Gasteiger partial charge on any atom is -0.497 e. The Labute approximate surface area is 184 Å². The predicted octanol–water partition coefficient (Wildman–Crippen LogP) is 4.39. The van der Waals surface area contributed by atoms with Gasteiger partial charge in [0.05, 0.1) is 23.4 Å². The molecule has 0 spiro atoms. The second-order valence-corrected chi connectivity index (χ2v) is 6.97. The highest BCUT2D eigenvalue weighted by molar-refractivity contribution is 5.98. The van der Waals surface area contributed by atoms with Crippen LogP contribution in [0.5, 0.6) is 5.75 Å². The van der Waals surface area contributed by atoms with Gasteiger partial charge in [0, 0.05) is 29.9 Å². The zero-order chi connectivity index (χ0) is 22.5. The molecular weight excluding hydrogens is 408 g/mol. The van der Waals surface area contributed by atoms with Crippen molar-refractivity contribution in [3.63, 3.8) is 0 Å². The summed E-state index contributed by atoms with van der Waals surface area (Å²) < 4.78 is 6.86. The van der Waals surface area contributed by atoms with Crippen molar-refractivity contribution in [2.75, 3.05) is 7.11 Å². The van der Waals surface area contributed by atoms with Crippen LogP contribution >= 0.6 is 0 Å². The maximum absolute atomic E-state index is 12.8. The van der Waals surface area contributed by atoms with Gasteiger partial charge in [-0.15, -0.1) is 0 Å². The number of methoxy groups -OCH3 is 1. The molecule has 8 nitrogen and oxygen atoms in total. The molecule has 0 unspecified atom stereocenters. The molecule has 160 valence electrons. The highest BCUT2D eigenvalue weighted by Crippen LogP contribution is 2.26. The number of nitro benzene ring substituents is 1. The third-order valence-corrected chi connectivity index (χ3v) is 4.94. The quantitative estimate of drug-likeness (QED) is 0.348. The van der Waals surface area contributed by atoms with Gasteiger partial charge < -0.3 is 10.1 Å². The molecule has 0 aliphatic carbocycles. The Morgan fingerprint density at radius 1 is 1.06 bits per heavy atom. The van der Waals surface area contributed by atoms with Crippen LogP contribution < -0.4 is 10.1 Å². The van der Waals surface area contributed by atoms with E-state index in [0.29, 0.717) is 5.75 Å². The first-order chi connectivity index (χ1) is 15.6. The van der Waals surface area contributed by atoms with E-state index in [0.717, 1.165) is 22.5 Å². The number of rotatable bonds is 7. The molecule has 1 heterocycles. The Bertz CT molecular complexity index is 1250. The summed E-state index contributed by atoms with van der Waals surface area (Å²) in [5.41, 5.74) is 2.93.